The first-order valence-electron chi connectivity index (χ1n) is 7.59. The molecule has 24 heavy (non-hydrogen) atoms. The molecule has 1 N–H and O–H groups in total. The molecule has 0 aliphatic carbocycles. The lowest BCUT2D eigenvalue weighted by Crippen LogP contribution is -2.12. The van der Waals surface area contributed by atoms with Crippen LogP contribution in [0.15, 0.2) is 24.3 Å². The molecule has 0 unspecified atom stereocenters. The predicted molar refractivity (Wildman–Crippen MR) is 92.5 cm³/mol. The molecule has 0 saturated carbocycles. The average Bonchev–Trinajstić information content (AvgIpc) is 3.04. The quantitative estimate of drug-likeness (QED) is 0.589. The maximum Gasteiger partial charge on any atom is 0.270 e. The molecule has 0 aliphatic rings. The van der Waals surface area contributed by atoms with Gasteiger partial charge in [-0.2, -0.15) is 4.63 Å². The number of H-pyrrole nitrogens is 1. The van der Waals surface area contributed by atoms with Crippen molar-refractivity contribution in [2.45, 2.75) is 26.2 Å². The van der Waals surface area contributed by atoms with Crippen LogP contribution in [-0.2, 0) is 5.41 Å². The van der Waals surface area contributed by atoms with E-state index in [0.717, 1.165) is 11.4 Å². The molecule has 126 valence electrons. The summed E-state index contributed by atoms with van der Waals surface area (Å²) in [7, 11) is 3.76. The van der Waals surface area contributed by atoms with Gasteiger partial charge in [0.2, 0.25) is 0 Å². The summed E-state index contributed by atoms with van der Waals surface area (Å²) in [5.74, 6) is 0.453. The Morgan fingerprint density at radius 2 is 1.96 bits per heavy atom. The van der Waals surface area contributed by atoms with Gasteiger partial charge in [-0.3, -0.25) is 15.2 Å². The molecule has 2 aromatic heterocycles. The van der Waals surface area contributed by atoms with Crippen LogP contribution in [0.4, 0.5) is 11.4 Å². The summed E-state index contributed by atoms with van der Waals surface area (Å²) in [5, 5.41) is 18.8. The molecule has 0 bridgehead atoms. The standard InChI is InChI=1S/C16H20N6O2/c1-16(2,3)13-9-14-17-15(19-21(14)18-13)11-8-10(22(23)24)6-7-12(11)20(4)5/h6-9,18H,1-5H3. The summed E-state index contributed by atoms with van der Waals surface area (Å²) in [5.41, 5.74) is 3.14. The molecular formula is C16H20N6O2. The Bertz CT molecular complexity index is 885. The first-order chi connectivity index (χ1) is 11.2. The largest absolute Gasteiger partial charge is 0.377 e. The molecule has 0 fully saturated rings. The van der Waals surface area contributed by atoms with E-state index in [0.29, 0.717) is 17.0 Å². The van der Waals surface area contributed by atoms with Gasteiger partial charge < -0.3 is 4.90 Å². The van der Waals surface area contributed by atoms with Crippen LogP contribution in [0.25, 0.3) is 17.0 Å². The lowest BCUT2D eigenvalue weighted by Gasteiger charge is -2.16. The fourth-order valence-electron chi connectivity index (χ4n) is 2.48. The second kappa shape index (κ2) is 5.33. The lowest BCUT2D eigenvalue weighted by molar-refractivity contribution is -0.384. The summed E-state index contributed by atoms with van der Waals surface area (Å²) < 4.78 is 1.61. The van der Waals surface area contributed by atoms with E-state index in [2.05, 4.69) is 36.0 Å². The Labute approximate surface area is 139 Å². The van der Waals surface area contributed by atoms with Crippen LogP contribution >= 0.6 is 0 Å². The van der Waals surface area contributed by atoms with Gasteiger partial charge >= 0.3 is 0 Å². The summed E-state index contributed by atoms with van der Waals surface area (Å²) >= 11 is 0. The number of fused-ring (bicyclic) bond motifs is 1. The Morgan fingerprint density at radius 1 is 1.25 bits per heavy atom. The Hall–Kier alpha value is -2.90. The van der Waals surface area contributed by atoms with Crippen molar-refractivity contribution >= 4 is 17.0 Å². The molecule has 0 radical (unpaired) electrons. The summed E-state index contributed by atoms with van der Waals surface area (Å²) in [6.45, 7) is 6.30. The van der Waals surface area contributed by atoms with E-state index in [9.17, 15) is 10.1 Å². The highest BCUT2D eigenvalue weighted by molar-refractivity contribution is 5.77. The number of nitro groups is 1. The third-order valence-corrected chi connectivity index (χ3v) is 3.85. The topological polar surface area (TPSA) is 92.4 Å². The number of non-ortho nitro benzene ring substituents is 1. The molecule has 3 rings (SSSR count). The number of anilines is 1. The molecule has 0 aliphatic heterocycles. The van der Waals surface area contributed by atoms with E-state index in [1.165, 1.54) is 12.1 Å². The number of hydrogen-bond acceptors (Lipinski definition) is 5. The third-order valence-electron chi connectivity index (χ3n) is 3.85. The van der Waals surface area contributed by atoms with E-state index in [4.69, 9.17) is 0 Å². The molecule has 8 heteroatoms. The highest BCUT2D eigenvalue weighted by Crippen LogP contribution is 2.32. The Morgan fingerprint density at radius 3 is 2.50 bits per heavy atom. The van der Waals surface area contributed by atoms with Crippen molar-refractivity contribution in [3.8, 4) is 11.4 Å². The zero-order valence-corrected chi connectivity index (χ0v) is 14.4. The van der Waals surface area contributed by atoms with E-state index in [-0.39, 0.29) is 11.1 Å². The first kappa shape index (κ1) is 16.0. The van der Waals surface area contributed by atoms with Crippen LogP contribution < -0.4 is 4.90 Å². The lowest BCUT2D eigenvalue weighted by atomic mass is 9.93. The average molecular weight is 328 g/mol. The Kier molecular flexibility index (Phi) is 3.55. The summed E-state index contributed by atoms with van der Waals surface area (Å²) in [4.78, 5) is 17.1. The minimum absolute atomic E-state index is 0.0180. The molecule has 3 aromatic rings. The molecule has 0 spiro atoms. The minimum atomic E-state index is -0.414. The molecule has 0 atom stereocenters. The fourth-order valence-corrected chi connectivity index (χ4v) is 2.48. The van der Waals surface area contributed by atoms with Gasteiger partial charge in [0, 0.05) is 49.1 Å². The van der Waals surface area contributed by atoms with Gasteiger partial charge in [-0.05, 0) is 6.07 Å². The molecular weight excluding hydrogens is 308 g/mol. The molecule has 2 heterocycles. The highest BCUT2D eigenvalue weighted by atomic mass is 16.6. The normalized spacial score (nSPS) is 11.9. The van der Waals surface area contributed by atoms with Crippen LogP contribution in [-0.4, -0.2) is 38.8 Å². The number of aromatic nitrogens is 4. The number of nitrogens with zero attached hydrogens (tertiary/aromatic N) is 5. The number of rotatable bonds is 3. The smallest absolute Gasteiger partial charge is 0.270 e. The maximum absolute atomic E-state index is 11.1. The van der Waals surface area contributed by atoms with Gasteiger partial charge in [0.15, 0.2) is 11.5 Å². The van der Waals surface area contributed by atoms with Crippen molar-refractivity contribution in [2.75, 3.05) is 19.0 Å². The van der Waals surface area contributed by atoms with Crippen molar-refractivity contribution in [2.24, 2.45) is 0 Å². The third kappa shape index (κ3) is 2.70. The Balaban J connectivity index is 2.14. The zero-order chi connectivity index (χ0) is 17.6. The number of aromatic amines is 1. The van der Waals surface area contributed by atoms with Crippen molar-refractivity contribution in [3.05, 3.63) is 40.1 Å². The number of nitrogens with one attached hydrogen (secondary N) is 1. The van der Waals surface area contributed by atoms with E-state index >= 15 is 0 Å². The van der Waals surface area contributed by atoms with Crippen molar-refractivity contribution in [1.82, 2.24) is 19.8 Å². The van der Waals surface area contributed by atoms with E-state index in [1.54, 1.807) is 10.7 Å². The van der Waals surface area contributed by atoms with Gasteiger partial charge in [-0.25, -0.2) is 4.98 Å². The van der Waals surface area contributed by atoms with Gasteiger partial charge in [0.25, 0.3) is 5.69 Å². The summed E-state index contributed by atoms with van der Waals surface area (Å²) in [6, 6.07) is 6.65. The molecule has 1 aromatic carbocycles. The molecule has 0 saturated heterocycles. The van der Waals surface area contributed by atoms with Gasteiger partial charge in [-0.1, -0.05) is 20.8 Å². The molecule has 0 amide bonds. The maximum atomic E-state index is 11.1. The zero-order valence-electron chi connectivity index (χ0n) is 14.4. The van der Waals surface area contributed by atoms with Crippen molar-refractivity contribution in [1.29, 1.82) is 0 Å². The van der Waals surface area contributed by atoms with Crippen LogP contribution in [0.2, 0.25) is 0 Å². The van der Waals surface area contributed by atoms with Crippen LogP contribution in [0.3, 0.4) is 0 Å². The highest BCUT2D eigenvalue weighted by Gasteiger charge is 2.21. The molecule has 8 nitrogen and oxygen atoms in total. The second-order valence-corrected chi connectivity index (χ2v) is 6.98. The number of benzene rings is 1. The predicted octanol–water partition coefficient (Wildman–Crippen LogP) is 3.00. The van der Waals surface area contributed by atoms with E-state index in [1.807, 2.05) is 25.1 Å². The number of nitro benzene ring substituents is 1. The summed E-state index contributed by atoms with van der Waals surface area (Å²) in [6.07, 6.45) is 0. The van der Waals surface area contributed by atoms with Gasteiger partial charge in [-0.15, -0.1) is 5.10 Å². The fraction of sp³-hybridized carbons (Fsp3) is 0.375. The van der Waals surface area contributed by atoms with Gasteiger partial charge in [0.05, 0.1) is 10.5 Å². The van der Waals surface area contributed by atoms with Crippen LogP contribution in [0.5, 0.6) is 0 Å². The van der Waals surface area contributed by atoms with Crippen LogP contribution in [0, 0.1) is 10.1 Å². The minimum Gasteiger partial charge on any atom is -0.377 e. The number of hydrogen-bond donors (Lipinski definition) is 1. The first-order valence-corrected chi connectivity index (χ1v) is 7.59. The second-order valence-electron chi connectivity index (χ2n) is 6.98. The van der Waals surface area contributed by atoms with Crippen LogP contribution in [0.1, 0.15) is 26.5 Å². The van der Waals surface area contributed by atoms with E-state index < -0.39 is 4.92 Å². The SMILES string of the molecule is CN(C)c1ccc([N+](=O)[O-])cc1-c1nc2cc(C(C)(C)C)[nH]n2n1. The monoisotopic (exact) mass is 328 g/mol. The van der Waals surface area contributed by atoms with Crippen molar-refractivity contribution in [3.63, 3.8) is 0 Å². The van der Waals surface area contributed by atoms with Crippen molar-refractivity contribution < 1.29 is 4.92 Å². The van der Waals surface area contributed by atoms with Gasteiger partial charge in [0.1, 0.15) is 0 Å².